The fraction of sp³-hybridized carbons (Fsp3) is 0.0526. The van der Waals surface area contributed by atoms with Crippen LogP contribution in [0.3, 0.4) is 0 Å². The average molecular weight is 372 g/mol. The number of nitrogens with one attached hydrogen (secondary N) is 2. The van der Waals surface area contributed by atoms with E-state index in [4.69, 9.17) is 5.73 Å². The first-order chi connectivity index (χ1) is 13.0. The summed E-state index contributed by atoms with van der Waals surface area (Å²) < 4.78 is 39.6. The number of halogens is 3. The van der Waals surface area contributed by atoms with E-state index in [1.165, 1.54) is 0 Å². The van der Waals surface area contributed by atoms with E-state index in [2.05, 4.69) is 15.6 Å². The zero-order chi connectivity index (χ0) is 19.4. The smallest absolute Gasteiger partial charge is 0.255 e. The quantitative estimate of drug-likeness (QED) is 0.593. The number of nitrogens with zero attached hydrogens (tertiary/aromatic N) is 1. The lowest BCUT2D eigenvalue weighted by molar-refractivity contribution is 0.102. The Morgan fingerprint density at radius 1 is 1.00 bits per heavy atom. The van der Waals surface area contributed by atoms with Gasteiger partial charge in [-0.25, -0.2) is 13.8 Å². The van der Waals surface area contributed by atoms with Gasteiger partial charge in [0.15, 0.2) is 17.5 Å². The summed E-state index contributed by atoms with van der Waals surface area (Å²) in [6.45, 7) is 0.114. The van der Waals surface area contributed by atoms with E-state index in [1.807, 2.05) is 0 Å². The van der Waals surface area contributed by atoms with E-state index >= 15 is 0 Å². The van der Waals surface area contributed by atoms with Crippen molar-refractivity contribution in [2.75, 3.05) is 16.4 Å². The number of carbonyl (C=O) groups is 1. The molecule has 27 heavy (non-hydrogen) atoms. The molecule has 0 saturated carbocycles. The van der Waals surface area contributed by atoms with Crippen molar-refractivity contribution in [2.45, 2.75) is 6.54 Å². The molecule has 1 heterocycles. The molecule has 0 atom stereocenters. The Bertz CT molecular complexity index is 977. The zero-order valence-corrected chi connectivity index (χ0v) is 14.0. The van der Waals surface area contributed by atoms with Crippen molar-refractivity contribution in [1.82, 2.24) is 4.98 Å². The van der Waals surface area contributed by atoms with Crippen LogP contribution in [0.2, 0.25) is 0 Å². The van der Waals surface area contributed by atoms with E-state index in [0.29, 0.717) is 28.7 Å². The van der Waals surface area contributed by atoms with Crippen molar-refractivity contribution < 1.29 is 18.0 Å². The molecule has 0 bridgehead atoms. The van der Waals surface area contributed by atoms with Gasteiger partial charge in [0.2, 0.25) is 5.82 Å². The van der Waals surface area contributed by atoms with Crippen LogP contribution in [0.5, 0.6) is 0 Å². The number of hydrogen-bond donors (Lipinski definition) is 3. The first kappa shape index (κ1) is 18.2. The van der Waals surface area contributed by atoms with Gasteiger partial charge in [0.1, 0.15) is 0 Å². The summed E-state index contributed by atoms with van der Waals surface area (Å²) in [5.41, 5.74) is 7.84. The van der Waals surface area contributed by atoms with Gasteiger partial charge in [-0.2, -0.15) is 4.39 Å². The molecule has 0 spiro atoms. The molecule has 0 fully saturated rings. The second kappa shape index (κ2) is 7.77. The Morgan fingerprint density at radius 2 is 1.70 bits per heavy atom. The molecule has 0 unspecified atom stereocenters. The van der Waals surface area contributed by atoms with Crippen molar-refractivity contribution in [1.29, 1.82) is 0 Å². The van der Waals surface area contributed by atoms with Gasteiger partial charge in [0, 0.05) is 12.1 Å². The first-order valence-corrected chi connectivity index (χ1v) is 7.94. The average Bonchev–Trinajstić information content (AvgIpc) is 2.68. The maximum absolute atomic E-state index is 13.6. The van der Waals surface area contributed by atoms with E-state index in [0.717, 1.165) is 0 Å². The largest absolute Gasteiger partial charge is 0.397 e. The summed E-state index contributed by atoms with van der Waals surface area (Å²) in [5, 5.41) is 5.29. The molecule has 4 N–H and O–H groups in total. The van der Waals surface area contributed by atoms with Crippen LogP contribution < -0.4 is 16.4 Å². The molecule has 8 heteroatoms. The summed E-state index contributed by atoms with van der Waals surface area (Å²) in [6.07, 6.45) is 0.601. The molecule has 2 aromatic carbocycles. The molecule has 1 aromatic heterocycles. The fourth-order valence-electron chi connectivity index (χ4n) is 2.33. The number of rotatable bonds is 5. The lowest BCUT2D eigenvalue weighted by Gasteiger charge is -2.09. The van der Waals surface area contributed by atoms with Crippen LogP contribution in [0, 0.1) is 17.5 Å². The van der Waals surface area contributed by atoms with Crippen LogP contribution in [0.4, 0.5) is 30.4 Å². The third kappa shape index (κ3) is 4.17. The van der Waals surface area contributed by atoms with E-state index in [1.54, 1.807) is 48.5 Å². The summed E-state index contributed by atoms with van der Waals surface area (Å²) in [6, 6.07) is 13.3. The number of aromatic nitrogens is 1. The van der Waals surface area contributed by atoms with Crippen LogP contribution in [-0.4, -0.2) is 10.9 Å². The molecule has 0 saturated heterocycles. The number of carbonyl (C=O) groups excluding carboxylic acids is 1. The van der Waals surface area contributed by atoms with Gasteiger partial charge in [-0.3, -0.25) is 4.79 Å². The Labute approximate surface area is 153 Å². The number of hydrogen-bond acceptors (Lipinski definition) is 4. The molecule has 138 valence electrons. The number of nitrogens with two attached hydrogens (primary N) is 1. The van der Waals surface area contributed by atoms with Crippen LogP contribution in [-0.2, 0) is 6.54 Å². The summed E-state index contributed by atoms with van der Waals surface area (Å²) in [4.78, 5) is 15.7. The Kier molecular flexibility index (Phi) is 5.25. The number of amides is 1. The molecular weight excluding hydrogens is 357 g/mol. The summed E-state index contributed by atoms with van der Waals surface area (Å²) in [7, 11) is 0. The standard InChI is InChI=1S/C19H15F3N4O/c20-13-10-25-18(17(22)16(13)21)24-9-11-5-7-12(8-6-11)19(27)26-15-4-2-1-3-14(15)23/h1-8,10H,9,23H2,(H,24,25)(H,26,27). The Morgan fingerprint density at radius 3 is 2.41 bits per heavy atom. The van der Waals surface area contributed by atoms with Gasteiger partial charge < -0.3 is 16.4 Å². The third-order valence-electron chi connectivity index (χ3n) is 3.80. The third-order valence-corrected chi connectivity index (χ3v) is 3.80. The molecule has 1 amide bonds. The summed E-state index contributed by atoms with van der Waals surface area (Å²) >= 11 is 0. The SMILES string of the molecule is Nc1ccccc1NC(=O)c1ccc(CNc2ncc(F)c(F)c2F)cc1. The highest BCUT2D eigenvalue weighted by molar-refractivity contribution is 6.05. The Balaban J connectivity index is 1.64. The highest BCUT2D eigenvalue weighted by Gasteiger charge is 2.14. The minimum atomic E-state index is -1.58. The zero-order valence-electron chi connectivity index (χ0n) is 14.0. The van der Waals surface area contributed by atoms with Crippen LogP contribution in [0.25, 0.3) is 0 Å². The Hall–Kier alpha value is -3.55. The molecule has 0 radical (unpaired) electrons. The maximum Gasteiger partial charge on any atom is 0.255 e. The molecule has 0 aliphatic rings. The highest BCUT2D eigenvalue weighted by Crippen LogP contribution is 2.19. The molecular formula is C19H15F3N4O. The maximum atomic E-state index is 13.6. The van der Waals surface area contributed by atoms with Gasteiger partial charge in [-0.05, 0) is 29.8 Å². The van der Waals surface area contributed by atoms with Crippen molar-refractivity contribution in [3.05, 3.63) is 83.3 Å². The predicted molar refractivity (Wildman–Crippen MR) is 96.7 cm³/mol. The van der Waals surface area contributed by atoms with Crippen LogP contribution in [0.1, 0.15) is 15.9 Å². The van der Waals surface area contributed by atoms with E-state index in [-0.39, 0.29) is 12.5 Å². The molecule has 3 rings (SSSR count). The number of anilines is 3. The lowest BCUT2D eigenvalue weighted by Crippen LogP contribution is -2.13. The van der Waals surface area contributed by atoms with Gasteiger partial charge in [-0.1, -0.05) is 24.3 Å². The van der Waals surface area contributed by atoms with Crippen molar-refractivity contribution >= 4 is 23.1 Å². The molecule has 0 aliphatic heterocycles. The number of benzene rings is 2. The van der Waals surface area contributed by atoms with Crippen molar-refractivity contribution in [2.24, 2.45) is 0 Å². The second-order valence-electron chi connectivity index (χ2n) is 5.67. The number of nitrogen functional groups attached to an aromatic ring is 1. The van der Waals surface area contributed by atoms with Gasteiger partial charge in [-0.15, -0.1) is 0 Å². The molecule has 5 nitrogen and oxygen atoms in total. The predicted octanol–water partition coefficient (Wildman–Crippen LogP) is 3.95. The van der Waals surface area contributed by atoms with Gasteiger partial charge >= 0.3 is 0 Å². The summed E-state index contributed by atoms with van der Waals surface area (Å²) in [5.74, 6) is -5.05. The number of pyridine rings is 1. The highest BCUT2D eigenvalue weighted by atomic mass is 19.2. The normalized spacial score (nSPS) is 10.5. The van der Waals surface area contributed by atoms with Gasteiger partial charge in [0.25, 0.3) is 5.91 Å². The molecule has 3 aromatic rings. The minimum absolute atomic E-state index is 0.114. The lowest BCUT2D eigenvalue weighted by atomic mass is 10.1. The monoisotopic (exact) mass is 372 g/mol. The van der Waals surface area contributed by atoms with Crippen LogP contribution >= 0.6 is 0 Å². The van der Waals surface area contributed by atoms with Crippen molar-refractivity contribution in [3.63, 3.8) is 0 Å². The number of para-hydroxylation sites is 2. The first-order valence-electron chi connectivity index (χ1n) is 7.94. The van der Waals surface area contributed by atoms with Crippen molar-refractivity contribution in [3.8, 4) is 0 Å². The second-order valence-corrected chi connectivity index (χ2v) is 5.67. The van der Waals surface area contributed by atoms with Gasteiger partial charge in [0.05, 0.1) is 17.6 Å². The topological polar surface area (TPSA) is 80.0 Å². The van der Waals surface area contributed by atoms with E-state index in [9.17, 15) is 18.0 Å². The minimum Gasteiger partial charge on any atom is -0.397 e. The van der Waals surface area contributed by atoms with Crippen LogP contribution in [0.15, 0.2) is 54.7 Å². The van der Waals surface area contributed by atoms with E-state index < -0.39 is 23.3 Å². The molecule has 0 aliphatic carbocycles. The fourth-order valence-corrected chi connectivity index (χ4v) is 2.33.